The van der Waals surface area contributed by atoms with Gasteiger partial charge in [-0.3, -0.25) is 0 Å². The van der Waals surface area contributed by atoms with Crippen molar-refractivity contribution >= 4 is 31.3 Å². The van der Waals surface area contributed by atoms with Crippen LogP contribution >= 0.6 is 8.25 Å². The Hall–Kier alpha value is 0.706. The zero-order valence-electron chi connectivity index (χ0n) is 6.91. The van der Waals surface area contributed by atoms with Crippen LogP contribution in [0.1, 0.15) is 19.3 Å². The maximum absolute atomic E-state index is 8.48. The van der Waals surface area contributed by atoms with Gasteiger partial charge in [0.2, 0.25) is 0 Å². The SMILES string of the molecule is C1CCNCC1.O.O=[P+]([O-])[O-].[Mg+2]. The first kappa shape index (κ1) is 18.5. The van der Waals surface area contributed by atoms with E-state index in [4.69, 9.17) is 14.4 Å². The number of nitrogens with one attached hydrogen (secondary N) is 1. The van der Waals surface area contributed by atoms with Gasteiger partial charge in [-0.1, -0.05) is 11.0 Å². The molecule has 1 saturated heterocycles. The number of piperidine rings is 1. The van der Waals surface area contributed by atoms with E-state index in [0.29, 0.717) is 0 Å². The minimum absolute atomic E-state index is 0. The monoisotopic (exact) mass is 206 g/mol. The van der Waals surface area contributed by atoms with Crippen molar-refractivity contribution in [2.24, 2.45) is 0 Å². The van der Waals surface area contributed by atoms with Gasteiger partial charge >= 0.3 is 23.1 Å². The Morgan fingerprint density at radius 2 is 1.42 bits per heavy atom. The van der Waals surface area contributed by atoms with E-state index in [0.717, 1.165) is 0 Å². The summed E-state index contributed by atoms with van der Waals surface area (Å²) in [6.07, 6.45) is 4.22. The zero-order chi connectivity index (χ0) is 7.82. The summed E-state index contributed by atoms with van der Waals surface area (Å²) < 4.78 is 8.48. The molecule has 0 radical (unpaired) electrons. The van der Waals surface area contributed by atoms with E-state index in [-0.39, 0.29) is 28.5 Å². The maximum atomic E-state index is 8.48. The van der Waals surface area contributed by atoms with Crippen molar-refractivity contribution < 1.29 is 19.8 Å². The average molecular weight is 206 g/mol. The molecule has 1 aliphatic heterocycles. The van der Waals surface area contributed by atoms with Crippen LogP contribution in [-0.2, 0) is 4.57 Å². The molecular weight excluding hydrogens is 193 g/mol. The predicted octanol–water partition coefficient (Wildman–Crippen LogP) is -2.08. The quantitative estimate of drug-likeness (QED) is 0.362. The van der Waals surface area contributed by atoms with Gasteiger partial charge in [0.15, 0.2) is 0 Å². The van der Waals surface area contributed by atoms with Crippen LogP contribution in [0.4, 0.5) is 0 Å². The van der Waals surface area contributed by atoms with Gasteiger partial charge in [-0.25, -0.2) is 0 Å². The van der Waals surface area contributed by atoms with E-state index in [1.54, 1.807) is 0 Å². The molecule has 5 nitrogen and oxygen atoms in total. The summed E-state index contributed by atoms with van der Waals surface area (Å²) in [5.41, 5.74) is 0. The summed E-state index contributed by atoms with van der Waals surface area (Å²) in [6.45, 7) is 2.50. The van der Waals surface area contributed by atoms with Crippen molar-refractivity contribution in [2.75, 3.05) is 13.1 Å². The first-order valence-corrected chi connectivity index (χ1v) is 4.35. The molecule has 0 bridgehead atoms. The Morgan fingerprint density at radius 1 is 1.08 bits per heavy atom. The molecule has 1 fully saturated rings. The van der Waals surface area contributed by atoms with Crippen LogP contribution in [0.3, 0.4) is 0 Å². The van der Waals surface area contributed by atoms with Gasteiger partial charge in [0, 0.05) is 0 Å². The Morgan fingerprint density at radius 3 is 1.50 bits per heavy atom. The van der Waals surface area contributed by atoms with Crippen LogP contribution in [0, 0.1) is 0 Å². The third kappa shape index (κ3) is 22.4. The molecule has 0 aromatic rings. The molecule has 0 saturated carbocycles. The third-order valence-electron chi connectivity index (χ3n) is 1.21. The van der Waals surface area contributed by atoms with E-state index >= 15 is 0 Å². The summed E-state index contributed by atoms with van der Waals surface area (Å²) in [4.78, 5) is 17.0. The Kier molecular flexibility index (Phi) is 21.9. The van der Waals surface area contributed by atoms with Crippen molar-refractivity contribution in [1.82, 2.24) is 5.32 Å². The van der Waals surface area contributed by atoms with Crippen LogP contribution in [0.15, 0.2) is 0 Å². The average Bonchev–Trinajstić information content (AvgIpc) is 1.90. The molecule has 0 atom stereocenters. The fourth-order valence-electron chi connectivity index (χ4n) is 0.802. The molecule has 0 amide bonds. The van der Waals surface area contributed by atoms with Gasteiger partial charge in [0.1, 0.15) is 0 Å². The van der Waals surface area contributed by atoms with Crippen LogP contribution in [0.5, 0.6) is 0 Å². The van der Waals surface area contributed by atoms with Crippen molar-refractivity contribution in [1.29, 1.82) is 0 Å². The normalized spacial score (nSPS) is 14.2. The Labute approximate surface area is 89.0 Å². The van der Waals surface area contributed by atoms with Crippen molar-refractivity contribution in [3.8, 4) is 0 Å². The Balaban J connectivity index is -0.000000124. The zero-order valence-corrected chi connectivity index (χ0v) is 9.22. The molecule has 1 aliphatic rings. The first-order chi connectivity index (χ1) is 4.73. The minimum Gasteiger partial charge on any atom is -0.598 e. The topological polar surface area (TPSA) is 107 Å². The largest absolute Gasteiger partial charge is 2.00 e. The first-order valence-electron chi connectivity index (χ1n) is 3.25. The van der Waals surface area contributed by atoms with Gasteiger partial charge in [-0.05, 0) is 25.9 Å². The van der Waals surface area contributed by atoms with E-state index in [1.165, 1.54) is 32.4 Å². The molecule has 7 heteroatoms. The summed E-state index contributed by atoms with van der Waals surface area (Å²) in [6, 6.07) is 0. The van der Waals surface area contributed by atoms with Crippen LogP contribution in [-0.4, -0.2) is 41.6 Å². The summed E-state index contributed by atoms with van der Waals surface area (Å²) in [5.74, 6) is 0. The molecule has 0 aromatic carbocycles. The van der Waals surface area contributed by atoms with Gasteiger partial charge in [0.25, 0.3) is 8.25 Å². The molecule has 68 valence electrons. The van der Waals surface area contributed by atoms with E-state index in [2.05, 4.69) is 5.32 Å². The van der Waals surface area contributed by atoms with E-state index in [1.807, 2.05) is 0 Å². The molecule has 0 unspecified atom stereocenters. The van der Waals surface area contributed by atoms with Gasteiger partial charge in [-0.15, -0.1) is 0 Å². The number of hydrogen-bond donors (Lipinski definition) is 1. The second-order valence-corrected chi connectivity index (χ2v) is 2.48. The molecule has 1 heterocycles. The standard InChI is InChI=1S/C5H11N.Mg.HO3P.H2O/c1-2-4-6-5-3-1;;1-4(2)3;/h6H,1-5H2;;(H,1,2,3);1H2/q;+2;;/p-1. The molecular formula is C5H13MgNO4P+. The molecule has 0 spiro atoms. The van der Waals surface area contributed by atoms with Crippen molar-refractivity contribution in [3.63, 3.8) is 0 Å². The third-order valence-corrected chi connectivity index (χ3v) is 1.21. The fourth-order valence-corrected chi connectivity index (χ4v) is 0.802. The van der Waals surface area contributed by atoms with E-state index in [9.17, 15) is 0 Å². The second kappa shape index (κ2) is 14.2. The van der Waals surface area contributed by atoms with Crippen LogP contribution in [0.2, 0.25) is 0 Å². The van der Waals surface area contributed by atoms with Crippen molar-refractivity contribution in [3.05, 3.63) is 0 Å². The molecule has 0 aromatic heterocycles. The second-order valence-electron chi connectivity index (χ2n) is 2.03. The number of hydrogen-bond acceptors (Lipinski definition) is 4. The molecule has 3 N–H and O–H groups in total. The van der Waals surface area contributed by atoms with Crippen LogP contribution in [0.25, 0.3) is 0 Å². The Bertz CT molecular complexity index is 85.9. The summed E-state index contributed by atoms with van der Waals surface area (Å²) >= 11 is 0. The molecule has 1 rings (SSSR count). The maximum Gasteiger partial charge on any atom is 2.00 e. The predicted molar refractivity (Wildman–Crippen MR) is 43.7 cm³/mol. The summed E-state index contributed by atoms with van der Waals surface area (Å²) in [5, 5.41) is 3.28. The number of rotatable bonds is 0. The van der Waals surface area contributed by atoms with Crippen LogP contribution < -0.4 is 15.1 Å². The van der Waals surface area contributed by atoms with Gasteiger partial charge in [0.05, 0.1) is 0 Å². The van der Waals surface area contributed by atoms with E-state index < -0.39 is 8.25 Å². The van der Waals surface area contributed by atoms with Gasteiger partial charge < -0.3 is 20.6 Å². The smallest absolute Gasteiger partial charge is 0.598 e. The molecule has 0 aliphatic carbocycles. The molecule has 12 heavy (non-hydrogen) atoms. The summed E-state index contributed by atoms with van der Waals surface area (Å²) in [7, 11) is -3.37. The van der Waals surface area contributed by atoms with Crippen molar-refractivity contribution in [2.45, 2.75) is 19.3 Å². The van der Waals surface area contributed by atoms with Gasteiger partial charge in [-0.2, -0.15) is 0 Å². The fraction of sp³-hybridized carbons (Fsp3) is 1.00. The minimum atomic E-state index is -3.37.